The Morgan fingerprint density at radius 2 is 1.75 bits per heavy atom. The van der Waals surface area contributed by atoms with E-state index in [2.05, 4.69) is 36.1 Å². The second-order valence-electron chi connectivity index (χ2n) is 10.4. The fraction of sp³-hybridized carbons (Fsp3) is 0.552. The molecule has 2 aromatic carbocycles. The van der Waals surface area contributed by atoms with E-state index in [0.29, 0.717) is 43.5 Å². The molecule has 2 fully saturated rings. The predicted molar refractivity (Wildman–Crippen MR) is 137 cm³/mol. The van der Waals surface area contributed by atoms with Gasteiger partial charge < -0.3 is 4.74 Å². The Balaban J connectivity index is 1.61. The van der Waals surface area contributed by atoms with Gasteiger partial charge in [-0.3, -0.25) is 19.8 Å². The summed E-state index contributed by atoms with van der Waals surface area (Å²) < 4.78 is 19.2. The third-order valence-corrected chi connectivity index (χ3v) is 8.35. The number of aryl methyl sites for hydroxylation is 1. The van der Waals surface area contributed by atoms with Gasteiger partial charge in [0.05, 0.1) is 17.9 Å². The minimum atomic E-state index is -1.01. The van der Waals surface area contributed by atoms with Crippen molar-refractivity contribution in [1.29, 1.82) is 0 Å². The molecule has 1 heterocycles. The molecule has 3 atom stereocenters. The van der Waals surface area contributed by atoms with E-state index in [1.807, 2.05) is 0 Å². The Labute approximate surface area is 213 Å². The standard InChI is InChI=1S/C29H37FN2O4/c1-3-36-28(33)29(26(20-32(34)35)23-12-14-24(30)15-13-23)16-18-31(19-17-29)27-7-5-4-6-25(27)22-10-8-21(2)9-11-22/h8-15,25-27H,3-7,16-20H2,1-2H3/t25-,26?,27-/m1/s1. The summed E-state index contributed by atoms with van der Waals surface area (Å²) in [6.45, 7) is 5.05. The summed E-state index contributed by atoms with van der Waals surface area (Å²) in [5, 5.41) is 11.7. The van der Waals surface area contributed by atoms with E-state index in [9.17, 15) is 19.3 Å². The highest BCUT2D eigenvalue weighted by Gasteiger charge is 2.52. The first-order chi connectivity index (χ1) is 17.3. The van der Waals surface area contributed by atoms with Gasteiger partial charge in [-0.15, -0.1) is 0 Å². The molecule has 1 aliphatic heterocycles. The van der Waals surface area contributed by atoms with Gasteiger partial charge in [0.2, 0.25) is 6.54 Å². The van der Waals surface area contributed by atoms with Crippen molar-refractivity contribution in [2.24, 2.45) is 5.41 Å². The summed E-state index contributed by atoms with van der Waals surface area (Å²) in [5.74, 6) is -1.01. The van der Waals surface area contributed by atoms with Crippen LogP contribution in [0.15, 0.2) is 48.5 Å². The molecule has 1 saturated carbocycles. The van der Waals surface area contributed by atoms with Crippen molar-refractivity contribution in [3.8, 4) is 0 Å². The average molecular weight is 497 g/mol. The molecule has 36 heavy (non-hydrogen) atoms. The molecular weight excluding hydrogens is 459 g/mol. The molecule has 0 aromatic heterocycles. The lowest BCUT2D eigenvalue weighted by atomic mass is 9.65. The summed E-state index contributed by atoms with van der Waals surface area (Å²) in [7, 11) is 0. The quantitative estimate of drug-likeness (QED) is 0.260. The van der Waals surface area contributed by atoms with Gasteiger partial charge >= 0.3 is 5.97 Å². The normalized spacial score (nSPS) is 23.1. The van der Waals surface area contributed by atoms with Crippen LogP contribution in [-0.4, -0.2) is 48.1 Å². The fourth-order valence-electron chi connectivity index (χ4n) is 6.42. The van der Waals surface area contributed by atoms with Crippen LogP contribution < -0.4 is 0 Å². The molecule has 2 aromatic rings. The van der Waals surface area contributed by atoms with Crippen LogP contribution in [0, 0.1) is 28.3 Å². The van der Waals surface area contributed by atoms with Crippen molar-refractivity contribution in [3.63, 3.8) is 0 Å². The summed E-state index contributed by atoms with van der Waals surface area (Å²) in [6, 6.07) is 15.0. The number of carbonyl (C=O) groups excluding carboxylic acids is 1. The number of nitro groups is 1. The van der Waals surface area contributed by atoms with Crippen molar-refractivity contribution < 1.29 is 18.8 Å². The lowest BCUT2D eigenvalue weighted by Gasteiger charge is -2.48. The molecule has 2 aliphatic rings. The Bertz CT molecular complexity index is 1030. The number of piperidine rings is 1. The monoisotopic (exact) mass is 496 g/mol. The van der Waals surface area contributed by atoms with Crippen molar-refractivity contribution >= 4 is 5.97 Å². The predicted octanol–water partition coefficient (Wildman–Crippen LogP) is 5.87. The maximum Gasteiger partial charge on any atom is 0.313 e. The first-order valence-corrected chi connectivity index (χ1v) is 13.2. The van der Waals surface area contributed by atoms with Crippen LogP contribution in [0.3, 0.4) is 0 Å². The van der Waals surface area contributed by atoms with Gasteiger partial charge in [-0.1, -0.05) is 54.8 Å². The van der Waals surface area contributed by atoms with Gasteiger partial charge in [-0.2, -0.15) is 0 Å². The summed E-state index contributed by atoms with van der Waals surface area (Å²) in [4.78, 5) is 27.3. The number of esters is 1. The molecule has 0 amide bonds. The molecule has 0 bridgehead atoms. The van der Waals surface area contributed by atoms with Crippen LogP contribution in [0.2, 0.25) is 0 Å². The van der Waals surface area contributed by atoms with E-state index in [4.69, 9.17) is 4.74 Å². The number of hydrogen-bond donors (Lipinski definition) is 0. The number of halogens is 1. The highest BCUT2D eigenvalue weighted by atomic mass is 19.1. The third kappa shape index (κ3) is 5.61. The van der Waals surface area contributed by atoms with Crippen LogP contribution in [0.5, 0.6) is 0 Å². The Kier molecular flexibility index (Phi) is 8.39. The number of benzene rings is 2. The van der Waals surface area contributed by atoms with Crippen LogP contribution in [-0.2, 0) is 9.53 Å². The molecule has 6 nitrogen and oxygen atoms in total. The number of hydrogen-bond acceptors (Lipinski definition) is 5. The second-order valence-corrected chi connectivity index (χ2v) is 10.4. The van der Waals surface area contributed by atoms with Gasteiger partial charge in [0.1, 0.15) is 5.82 Å². The zero-order valence-electron chi connectivity index (χ0n) is 21.3. The molecular formula is C29H37FN2O4. The average Bonchev–Trinajstić information content (AvgIpc) is 2.88. The summed E-state index contributed by atoms with van der Waals surface area (Å²) in [5.41, 5.74) is 2.22. The van der Waals surface area contributed by atoms with E-state index in [1.54, 1.807) is 19.1 Å². The van der Waals surface area contributed by atoms with Crippen molar-refractivity contribution in [2.75, 3.05) is 26.2 Å². The summed E-state index contributed by atoms with van der Waals surface area (Å²) >= 11 is 0. The minimum Gasteiger partial charge on any atom is -0.466 e. The third-order valence-electron chi connectivity index (χ3n) is 8.35. The Hall–Kier alpha value is -2.80. The van der Waals surface area contributed by atoms with Gasteiger partial charge in [0, 0.05) is 11.0 Å². The van der Waals surface area contributed by atoms with Crippen molar-refractivity contribution in [1.82, 2.24) is 4.90 Å². The van der Waals surface area contributed by atoms with E-state index in [-0.39, 0.29) is 24.0 Å². The highest BCUT2D eigenvalue weighted by Crippen LogP contribution is 2.48. The molecule has 7 heteroatoms. The van der Waals surface area contributed by atoms with Gasteiger partial charge in [-0.25, -0.2) is 4.39 Å². The molecule has 1 unspecified atom stereocenters. The van der Waals surface area contributed by atoms with E-state index in [1.165, 1.54) is 36.1 Å². The SMILES string of the molecule is CCOC(=O)C1(C(C[N+](=O)[O-])c2ccc(F)cc2)CCN([C@@H]2CCCC[C@@H]2c2ccc(C)cc2)CC1. The maximum absolute atomic E-state index is 13.7. The zero-order valence-corrected chi connectivity index (χ0v) is 21.3. The van der Waals surface area contributed by atoms with Gasteiger partial charge in [0.15, 0.2) is 0 Å². The largest absolute Gasteiger partial charge is 0.466 e. The van der Waals surface area contributed by atoms with E-state index in [0.717, 1.165) is 12.8 Å². The van der Waals surface area contributed by atoms with Gasteiger partial charge in [0.25, 0.3) is 0 Å². The van der Waals surface area contributed by atoms with E-state index < -0.39 is 17.2 Å². The number of likely N-dealkylation sites (tertiary alicyclic amines) is 1. The maximum atomic E-state index is 13.7. The molecule has 0 radical (unpaired) electrons. The zero-order chi connectivity index (χ0) is 25.7. The minimum absolute atomic E-state index is 0.219. The Morgan fingerprint density at radius 3 is 2.36 bits per heavy atom. The number of carbonyl (C=O) groups is 1. The lowest BCUT2D eigenvalue weighted by molar-refractivity contribution is -0.486. The van der Waals surface area contributed by atoms with Crippen molar-refractivity contribution in [2.45, 2.75) is 70.3 Å². The molecule has 0 spiro atoms. The summed E-state index contributed by atoms with van der Waals surface area (Å²) in [6.07, 6.45) is 5.63. The number of rotatable bonds is 8. The molecule has 0 N–H and O–H groups in total. The smallest absolute Gasteiger partial charge is 0.313 e. The van der Waals surface area contributed by atoms with Crippen LogP contribution in [0.1, 0.15) is 74.0 Å². The second kappa shape index (κ2) is 11.5. The topological polar surface area (TPSA) is 72.7 Å². The van der Waals surface area contributed by atoms with Crippen molar-refractivity contribution in [3.05, 3.63) is 81.2 Å². The number of nitrogens with zero attached hydrogens (tertiary/aromatic N) is 2. The lowest BCUT2D eigenvalue weighted by Crippen LogP contribution is -2.53. The first-order valence-electron chi connectivity index (χ1n) is 13.2. The first kappa shape index (κ1) is 26.3. The van der Waals surface area contributed by atoms with E-state index >= 15 is 0 Å². The van der Waals surface area contributed by atoms with Crippen LogP contribution >= 0.6 is 0 Å². The molecule has 1 saturated heterocycles. The Morgan fingerprint density at radius 1 is 1.11 bits per heavy atom. The number of ether oxygens (including phenoxy) is 1. The van der Waals surface area contributed by atoms with Gasteiger partial charge in [-0.05, 0) is 81.8 Å². The molecule has 4 rings (SSSR count). The molecule has 194 valence electrons. The molecule has 1 aliphatic carbocycles. The van der Waals surface area contributed by atoms with Crippen LogP contribution in [0.4, 0.5) is 4.39 Å². The fourth-order valence-corrected chi connectivity index (χ4v) is 6.42. The van der Waals surface area contributed by atoms with Crippen LogP contribution in [0.25, 0.3) is 0 Å². The highest BCUT2D eigenvalue weighted by molar-refractivity contribution is 5.78.